The Morgan fingerprint density at radius 1 is 0.324 bits per heavy atom. The summed E-state index contributed by atoms with van der Waals surface area (Å²) in [4.78, 5) is 5.00. The van der Waals surface area contributed by atoms with Crippen LogP contribution in [-0.4, -0.2) is 0 Å². The fourth-order valence-electron chi connectivity index (χ4n) is 12.7. The highest BCUT2D eigenvalue weighted by atomic mass is 32.1. The molecular formula is C71H46N2S. The van der Waals surface area contributed by atoms with Crippen molar-refractivity contribution < 1.29 is 0 Å². The van der Waals surface area contributed by atoms with Gasteiger partial charge in [0.25, 0.3) is 0 Å². The molecule has 0 radical (unpaired) electrons. The van der Waals surface area contributed by atoms with Gasteiger partial charge in [-0.3, -0.25) is 0 Å². The van der Waals surface area contributed by atoms with Crippen molar-refractivity contribution in [3.8, 4) is 44.5 Å². The minimum atomic E-state index is -0.612. The van der Waals surface area contributed by atoms with Crippen molar-refractivity contribution in [2.45, 2.75) is 5.41 Å². The predicted molar refractivity (Wildman–Crippen MR) is 313 cm³/mol. The predicted octanol–water partition coefficient (Wildman–Crippen LogP) is 19.8. The van der Waals surface area contributed by atoms with E-state index in [0.717, 1.165) is 28.3 Å². The largest absolute Gasteiger partial charge is 0.310 e. The van der Waals surface area contributed by atoms with Crippen molar-refractivity contribution in [2.75, 3.05) is 9.80 Å². The van der Waals surface area contributed by atoms with E-state index in [2.05, 4.69) is 289 Å². The van der Waals surface area contributed by atoms with Crippen molar-refractivity contribution in [1.82, 2.24) is 0 Å². The van der Waals surface area contributed by atoms with Gasteiger partial charge in [-0.25, -0.2) is 0 Å². The molecule has 3 heteroatoms. The summed E-state index contributed by atoms with van der Waals surface area (Å²) in [6.07, 6.45) is 0. The van der Waals surface area contributed by atoms with Crippen LogP contribution in [0.3, 0.4) is 0 Å². The van der Waals surface area contributed by atoms with Gasteiger partial charge < -0.3 is 9.80 Å². The van der Waals surface area contributed by atoms with Gasteiger partial charge in [0.15, 0.2) is 0 Å². The number of thiophene rings is 1. The first-order chi connectivity index (χ1) is 36.8. The number of rotatable bonds is 7. The van der Waals surface area contributed by atoms with Crippen molar-refractivity contribution in [3.63, 3.8) is 0 Å². The monoisotopic (exact) mass is 958 g/mol. The molecule has 12 aromatic carbocycles. The molecule has 74 heavy (non-hydrogen) atoms. The van der Waals surface area contributed by atoms with Gasteiger partial charge in [-0.05, 0) is 121 Å². The first kappa shape index (κ1) is 42.4. The fraction of sp³-hybridized carbons (Fsp3) is 0.0141. The highest BCUT2D eigenvalue weighted by Gasteiger charge is 2.52. The van der Waals surface area contributed by atoms with Crippen LogP contribution >= 0.6 is 11.3 Å². The SMILES string of the molecule is c1ccc(N2c3ccccc3C3(c4ccccc4-c4c(N(c5ccc(-c6cccc7c6sc6ccccc67)cc5)c5ccccc5-c5ccccc5-c5cccc6ccccc56)cccc43)c3ccccc32)cc1. The number of para-hydroxylation sites is 4. The zero-order valence-electron chi connectivity index (χ0n) is 40.4. The molecule has 0 atom stereocenters. The van der Waals surface area contributed by atoms with Gasteiger partial charge >= 0.3 is 0 Å². The summed E-state index contributed by atoms with van der Waals surface area (Å²) >= 11 is 1.88. The molecule has 2 aliphatic rings. The van der Waals surface area contributed by atoms with E-state index in [1.165, 1.54) is 104 Å². The summed E-state index contributed by atoms with van der Waals surface area (Å²) in [5.41, 5.74) is 21.0. The number of hydrogen-bond acceptors (Lipinski definition) is 3. The Morgan fingerprint density at radius 2 is 0.838 bits per heavy atom. The molecule has 0 fully saturated rings. The number of benzene rings is 12. The van der Waals surface area contributed by atoms with E-state index in [1.54, 1.807) is 0 Å². The molecule has 13 aromatic rings. The Hall–Kier alpha value is -9.28. The lowest BCUT2D eigenvalue weighted by molar-refractivity contribution is 0.752. The van der Waals surface area contributed by atoms with Crippen LogP contribution in [0.2, 0.25) is 0 Å². The summed E-state index contributed by atoms with van der Waals surface area (Å²) in [6.45, 7) is 0. The Bertz CT molecular complexity index is 4290. The quantitative estimate of drug-likeness (QED) is 0.157. The topological polar surface area (TPSA) is 6.48 Å². The molecule has 2 heterocycles. The second kappa shape index (κ2) is 16.9. The van der Waals surface area contributed by atoms with E-state index < -0.39 is 5.41 Å². The molecule has 346 valence electrons. The number of fused-ring (bicyclic) bond motifs is 13. The smallest absolute Gasteiger partial charge is 0.0755 e. The minimum Gasteiger partial charge on any atom is -0.310 e. The number of hydrogen-bond donors (Lipinski definition) is 0. The van der Waals surface area contributed by atoms with Crippen LogP contribution in [0.1, 0.15) is 22.3 Å². The van der Waals surface area contributed by atoms with Crippen LogP contribution in [0, 0.1) is 0 Å². The molecule has 1 aliphatic heterocycles. The summed E-state index contributed by atoms with van der Waals surface area (Å²) in [5, 5.41) is 5.08. The lowest BCUT2D eigenvalue weighted by Gasteiger charge is -2.45. The van der Waals surface area contributed by atoms with Crippen molar-refractivity contribution in [1.29, 1.82) is 0 Å². The van der Waals surface area contributed by atoms with Crippen LogP contribution in [0.4, 0.5) is 34.1 Å². The van der Waals surface area contributed by atoms with E-state index in [-0.39, 0.29) is 0 Å². The third kappa shape index (κ3) is 6.24. The molecule has 0 saturated carbocycles. The van der Waals surface area contributed by atoms with Crippen molar-refractivity contribution in [3.05, 3.63) is 301 Å². The van der Waals surface area contributed by atoms with E-state index in [9.17, 15) is 0 Å². The molecule has 1 spiro atoms. The lowest BCUT2D eigenvalue weighted by atomic mass is 9.64. The second-order valence-corrected chi connectivity index (χ2v) is 20.5. The maximum absolute atomic E-state index is 2.55. The third-order valence-electron chi connectivity index (χ3n) is 15.7. The van der Waals surface area contributed by atoms with E-state index in [1.807, 2.05) is 11.3 Å². The number of nitrogens with zero attached hydrogens (tertiary/aromatic N) is 2. The van der Waals surface area contributed by atoms with Crippen LogP contribution in [-0.2, 0) is 5.41 Å². The zero-order valence-corrected chi connectivity index (χ0v) is 41.2. The van der Waals surface area contributed by atoms with Gasteiger partial charge in [-0.1, -0.05) is 224 Å². The standard InChI is InChI=1S/C71H46N2S/c1-2-23-49(24-3-1)73-65-39-15-12-35-61(65)71(62-36-13-16-40-66(62)73)60-34-11-8-30-59(60)69-63(71)37-20-41-67(69)72(50-45-43-48(44-46-50)52-31-19-33-58-57-29-10-17-42-68(57)74-70(52)58)64-38-14-9-28-56(64)55-27-7-6-26-54(55)53-32-18-22-47-21-4-5-25-51(47)53/h1-46H. The first-order valence-electron chi connectivity index (χ1n) is 25.5. The molecular weight excluding hydrogens is 913 g/mol. The maximum Gasteiger partial charge on any atom is 0.0755 e. The molecule has 0 amide bonds. The van der Waals surface area contributed by atoms with Crippen LogP contribution < -0.4 is 9.80 Å². The van der Waals surface area contributed by atoms with Gasteiger partial charge in [0.2, 0.25) is 0 Å². The Labute approximate surface area is 435 Å². The Balaban J connectivity index is 0.991. The molecule has 2 nitrogen and oxygen atoms in total. The molecule has 15 rings (SSSR count). The molecule has 1 aromatic heterocycles. The molecule has 0 bridgehead atoms. The van der Waals surface area contributed by atoms with Gasteiger partial charge in [0, 0.05) is 42.7 Å². The van der Waals surface area contributed by atoms with Crippen molar-refractivity contribution in [2.24, 2.45) is 0 Å². The Kier molecular flexibility index (Phi) is 9.70. The van der Waals surface area contributed by atoms with Crippen LogP contribution in [0.15, 0.2) is 279 Å². The first-order valence-corrected chi connectivity index (χ1v) is 26.3. The molecule has 0 unspecified atom stereocenters. The Morgan fingerprint density at radius 3 is 1.62 bits per heavy atom. The molecule has 0 saturated heterocycles. The summed E-state index contributed by atoms with van der Waals surface area (Å²) in [6, 6.07) is 104. The fourth-order valence-corrected chi connectivity index (χ4v) is 13.9. The molecule has 0 N–H and O–H groups in total. The average molecular weight is 959 g/mol. The van der Waals surface area contributed by atoms with Gasteiger partial charge in [-0.2, -0.15) is 0 Å². The molecule has 1 aliphatic carbocycles. The number of anilines is 6. The van der Waals surface area contributed by atoms with Crippen molar-refractivity contribution >= 4 is 76.4 Å². The zero-order chi connectivity index (χ0) is 48.7. The van der Waals surface area contributed by atoms with Gasteiger partial charge in [-0.15, -0.1) is 11.3 Å². The third-order valence-corrected chi connectivity index (χ3v) is 16.9. The summed E-state index contributed by atoms with van der Waals surface area (Å²) in [5.74, 6) is 0. The highest BCUT2D eigenvalue weighted by Crippen LogP contribution is 2.65. The highest BCUT2D eigenvalue weighted by molar-refractivity contribution is 7.26. The average Bonchev–Trinajstić information content (AvgIpc) is 4.01. The van der Waals surface area contributed by atoms with Crippen LogP contribution in [0.5, 0.6) is 0 Å². The lowest BCUT2D eigenvalue weighted by Crippen LogP contribution is -2.36. The normalized spacial score (nSPS) is 12.9. The van der Waals surface area contributed by atoms with E-state index >= 15 is 0 Å². The van der Waals surface area contributed by atoms with Gasteiger partial charge in [0.1, 0.15) is 0 Å². The minimum absolute atomic E-state index is 0.612. The second-order valence-electron chi connectivity index (χ2n) is 19.5. The summed E-state index contributed by atoms with van der Waals surface area (Å²) < 4.78 is 2.63. The van der Waals surface area contributed by atoms with E-state index in [4.69, 9.17) is 0 Å². The maximum atomic E-state index is 2.55. The van der Waals surface area contributed by atoms with Gasteiger partial charge in [0.05, 0.1) is 28.2 Å². The van der Waals surface area contributed by atoms with Crippen LogP contribution in [0.25, 0.3) is 75.5 Å². The summed E-state index contributed by atoms with van der Waals surface area (Å²) in [7, 11) is 0. The van der Waals surface area contributed by atoms with E-state index in [0.29, 0.717) is 0 Å².